The second kappa shape index (κ2) is 7.25. The first-order chi connectivity index (χ1) is 9.18. The van der Waals surface area contributed by atoms with Crippen LogP contribution < -0.4 is 5.32 Å². The van der Waals surface area contributed by atoms with E-state index in [0.29, 0.717) is 24.5 Å². The molecule has 0 unspecified atom stereocenters. The van der Waals surface area contributed by atoms with E-state index in [1.807, 2.05) is 11.9 Å². The first kappa shape index (κ1) is 14.8. The standard InChI is InChI=1S/C15H29N3O/c1-17(13-8-10-16-11-9-13)12-15(19)18(2)14-6-4-3-5-7-14/h13-14,16H,3-12H2,1-2H3. The molecule has 4 nitrogen and oxygen atoms in total. The van der Waals surface area contributed by atoms with Gasteiger partial charge in [-0.25, -0.2) is 0 Å². The molecule has 19 heavy (non-hydrogen) atoms. The van der Waals surface area contributed by atoms with Crippen LogP contribution in [-0.2, 0) is 4.79 Å². The van der Waals surface area contributed by atoms with Gasteiger partial charge in [-0.2, -0.15) is 0 Å². The highest BCUT2D eigenvalue weighted by Gasteiger charge is 2.25. The van der Waals surface area contributed by atoms with Crippen molar-refractivity contribution in [2.45, 2.75) is 57.0 Å². The molecular weight excluding hydrogens is 238 g/mol. The van der Waals surface area contributed by atoms with Crippen LogP contribution in [0, 0.1) is 0 Å². The number of rotatable bonds is 4. The van der Waals surface area contributed by atoms with Crippen molar-refractivity contribution in [3.63, 3.8) is 0 Å². The molecule has 0 radical (unpaired) electrons. The molecule has 1 amide bonds. The fourth-order valence-electron chi connectivity index (χ4n) is 3.37. The third-order valence-electron chi connectivity index (χ3n) is 4.83. The van der Waals surface area contributed by atoms with Crippen LogP contribution in [0.2, 0.25) is 0 Å². The Labute approximate surface area is 117 Å². The Kier molecular flexibility index (Phi) is 5.64. The summed E-state index contributed by atoms with van der Waals surface area (Å²) in [5.41, 5.74) is 0. The van der Waals surface area contributed by atoms with Crippen LogP contribution in [0.1, 0.15) is 44.9 Å². The van der Waals surface area contributed by atoms with Gasteiger partial charge in [0.25, 0.3) is 0 Å². The van der Waals surface area contributed by atoms with Crippen LogP contribution in [-0.4, -0.2) is 61.5 Å². The van der Waals surface area contributed by atoms with Crippen molar-refractivity contribution in [2.75, 3.05) is 33.7 Å². The van der Waals surface area contributed by atoms with Crippen LogP contribution in [0.25, 0.3) is 0 Å². The highest BCUT2D eigenvalue weighted by Crippen LogP contribution is 2.22. The number of piperidine rings is 1. The van der Waals surface area contributed by atoms with Gasteiger partial charge in [-0.15, -0.1) is 0 Å². The molecule has 2 aliphatic rings. The number of carbonyl (C=O) groups is 1. The van der Waals surface area contributed by atoms with Crippen molar-refractivity contribution in [1.29, 1.82) is 0 Å². The van der Waals surface area contributed by atoms with Crippen molar-refractivity contribution in [3.05, 3.63) is 0 Å². The summed E-state index contributed by atoms with van der Waals surface area (Å²) in [4.78, 5) is 16.6. The lowest BCUT2D eigenvalue weighted by molar-refractivity contribution is -0.134. The van der Waals surface area contributed by atoms with Gasteiger partial charge in [0.1, 0.15) is 0 Å². The molecule has 110 valence electrons. The van der Waals surface area contributed by atoms with Gasteiger partial charge in [-0.3, -0.25) is 9.69 Å². The number of carbonyl (C=O) groups excluding carboxylic acids is 1. The van der Waals surface area contributed by atoms with Crippen molar-refractivity contribution in [2.24, 2.45) is 0 Å². The molecule has 2 fully saturated rings. The summed E-state index contributed by atoms with van der Waals surface area (Å²) in [5.74, 6) is 0.299. The molecule has 0 aromatic rings. The lowest BCUT2D eigenvalue weighted by Crippen LogP contribution is -2.48. The largest absolute Gasteiger partial charge is 0.342 e. The molecule has 0 atom stereocenters. The van der Waals surface area contributed by atoms with E-state index >= 15 is 0 Å². The van der Waals surface area contributed by atoms with Crippen LogP contribution in [0.5, 0.6) is 0 Å². The number of nitrogens with zero attached hydrogens (tertiary/aromatic N) is 2. The smallest absolute Gasteiger partial charge is 0.236 e. The van der Waals surface area contributed by atoms with E-state index in [4.69, 9.17) is 0 Å². The second-order valence-electron chi connectivity index (χ2n) is 6.19. The van der Waals surface area contributed by atoms with Gasteiger partial charge in [0.2, 0.25) is 5.91 Å². The topological polar surface area (TPSA) is 35.6 Å². The molecule has 2 rings (SSSR count). The predicted octanol–water partition coefficient (Wildman–Crippen LogP) is 1.46. The number of hydrogen-bond donors (Lipinski definition) is 1. The lowest BCUT2D eigenvalue weighted by Gasteiger charge is -2.35. The minimum absolute atomic E-state index is 0.299. The fourth-order valence-corrected chi connectivity index (χ4v) is 3.37. The molecule has 1 saturated heterocycles. The van der Waals surface area contributed by atoms with Crippen molar-refractivity contribution in [1.82, 2.24) is 15.1 Å². The summed E-state index contributed by atoms with van der Waals surface area (Å²) in [6.07, 6.45) is 8.62. The maximum atomic E-state index is 12.4. The molecule has 1 heterocycles. The zero-order valence-corrected chi connectivity index (χ0v) is 12.5. The maximum absolute atomic E-state index is 12.4. The quantitative estimate of drug-likeness (QED) is 0.837. The van der Waals surface area contributed by atoms with E-state index in [-0.39, 0.29) is 0 Å². The van der Waals surface area contributed by atoms with Crippen molar-refractivity contribution in [3.8, 4) is 0 Å². The summed E-state index contributed by atoms with van der Waals surface area (Å²) in [6.45, 7) is 2.75. The highest BCUT2D eigenvalue weighted by atomic mass is 16.2. The molecule has 0 bridgehead atoms. The third kappa shape index (κ3) is 4.18. The van der Waals surface area contributed by atoms with Gasteiger partial charge in [-0.05, 0) is 45.8 Å². The van der Waals surface area contributed by atoms with E-state index in [0.717, 1.165) is 25.9 Å². The van der Waals surface area contributed by atoms with Gasteiger partial charge < -0.3 is 10.2 Å². The molecule has 1 N–H and O–H groups in total. The van der Waals surface area contributed by atoms with Gasteiger partial charge in [0, 0.05) is 19.1 Å². The predicted molar refractivity (Wildman–Crippen MR) is 78.2 cm³/mol. The summed E-state index contributed by atoms with van der Waals surface area (Å²) in [6, 6.07) is 1.06. The first-order valence-corrected chi connectivity index (χ1v) is 7.85. The molecule has 1 aliphatic carbocycles. The number of amides is 1. The molecule has 1 saturated carbocycles. The number of likely N-dealkylation sites (N-methyl/N-ethyl adjacent to an activating group) is 2. The average molecular weight is 267 g/mol. The molecule has 0 aromatic carbocycles. The van der Waals surface area contributed by atoms with E-state index in [2.05, 4.69) is 17.3 Å². The fraction of sp³-hybridized carbons (Fsp3) is 0.933. The number of hydrogen-bond acceptors (Lipinski definition) is 3. The normalized spacial score (nSPS) is 22.7. The SMILES string of the molecule is CN(CC(=O)N(C)C1CCCCC1)C1CCNCC1. The van der Waals surface area contributed by atoms with Crippen molar-refractivity contribution < 1.29 is 4.79 Å². The summed E-state index contributed by atoms with van der Waals surface area (Å²) in [5, 5.41) is 3.38. The second-order valence-corrected chi connectivity index (χ2v) is 6.19. The lowest BCUT2D eigenvalue weighted by atomic mass is 9.94. The average Bonchev–Trinajstić information content (AvgIpc) is 2.48. The summed E-state index contributed by atoms with van der Waals surface area (Å²) in [7, 11) is 4.09. The Bertz CT molecular complexity index is 283. The summed E-state index contributed by atoms with van der Waals surface area (Å²) < 4.78 is 0. The Hall–Kier alpha value is -0.610. The van der Waals surface area contributed by atoms with E-state index < -0.39 is 0 Å². The molecule has 0 aromatic heterocycles. The third-order valence-corrected chi connectivity index (χ3v) is 4.83. The Morgan fingerprint density at radius 1 is 1.00 bits per heavy atom. The van der Waals surface area contributed by atoms with Gasteiger partial charge in [0.05, 0.1) is 6.54 Å². The molecular formula is C15H29N3O. The van der Waals surface area contributed by atoms with Crippen LogP contribution in [0.3, 0.4) is 0 Å². The maximum Gasteiger partial charge on any atom is 0.236 e. The molecule has 0 spiro atoms. The monoisotopic (exact) mass is 267 g/mol. The zero-order chi connectivity index (χ0) is 13.7. The first-order valence-electron chi connectivity index (χ1n) is 7.85. The Morgan fingerprint density at radius 3 is 2.26 bits per heavy atom. The Balaban J connectivity index is 1.78. The van der Waals surface area contributed by atoms with E-state index in [1.165, 1.54) is 32.1 Å². The van der Waals surface area contributed by atoms with Gasteiger partial charge in [-0.1, -0.05) is 19.3 Å². The van der Waals surface area contributed by atoms with Crippen LogP contribution >= 0.6 is 0 Å². The Morgan fingerprint density at radius 2 is 1.63 bits per heavy atom. The summed E-state index contributed by atoms with van der Waals surface area (Å²) >= 11 is 0. The highest BCUT2D eigenvalue weighted by molar-refractivity contribution is 5.78. The van der Waals surface area contributed by atoms with E-state index in [1.54, 1.807) is 0 Å². The van der Waals surface area contributed by atoms with Gasteiger partial charge in [0.15, 0.2) is 0 Å². The van der Waals surface area contributed by atoms with Gasteiger partial charge >= 0.3 is 0 Å². The van der Waals surface area contributed by atoms with E-state index in [9.17, 15) is 4.79 Å². The zero-order valence-electron chi connectivity index (χ0n) is 12.5. The van der Waals surface area contributed by atoms with Crippen LogP contribution in [0.15, 0.2) is 0 Å². The molecule has 1 aliphatic heterocycles. The van der Waals surface area contributed by atoms with Crippen molar-refractivity contribution >= 4 is 5.91 Å². The molecule has 4 heteroatoms. The van der Waals surface area contributed by atoms with Crippen LogP contribution in [0.4, 0.5) is 0 Å². The minimum Gasteiger partial charge on any atom is -0.342 e. The minimum atomic E-state index is 0.299. The number of nitrogens with one attached hydrogen (secondary N) is 1.